The van der Waals surface area contributed by atoms with E-state index in [9.17, 15) is 0 Å². The number of hydrogen-bond acceptors (Lipinski definition) is 5. The molecule has 172 valence electrons. The van der Waals surface area contributed by atoms with Crippen LogP contribution in [0, 0.1) is 5.41 Å². The molecule has 0 atom stereocenters. The second-order valence-corrected chi connectivity index (χ2v) is 9.60. The second kappa shape index (κ2) is 11.7. The van der Waals surface area contributed by atoms with E-state index in [1.54, 1.807) is 0 Å². The van der Waals surface area contributed by atoms with Crippen molar-refractivity contribution in [3.8, 4) is 0 Å². The third kappa shape index (κ3) is 7.37. The van der Waals surface area contributed by atoms with Crippen LogP contribution < -0.4 is 10.6 Å². The predicted octanol–water partition coefficient (Wildman–Crippen LogP) is 3.54. The third-order valence-electron chi connectivity index (χ3n) is 6.13. The molecule has 7 nitrogen and oxygen atoms in total. The van der Waals surface area contributed by atoms with Crippen molar-refractivity contribution in [2.24, 2.45) is 10.4 Å². The van der Waals surface area contributed by atoms with Crippen molar-refractivity contribution in [3.63, 3.8) is 0 Å². The fraction of sp³-hybridized carbons (Fsp3) is 0.818. The van der Waals surface area contributed by atoms with Crippen molar-refractivity contribution < 1.29 is 9.15 Å². The largest absolute Gasteiger partial charge is 0.443 e. The highest BCUT2D eigenvalue weighted by molar-refractivity contribution is 14.0. The van der Waals surface area contributed by atoms with Crippen LogP contribution in [0.1, 0.15) is 64.5 Å². The molecule has 2 aliphatic rings. The zero-order valence-electron chi connectivity index (χ0n) is 19.1. The molecule has 2 heterocycles. The number of aliphatic imine (C=N–C) groups is 1. The van der Waals surface area contributed by atoms with Crippen LogP contribution in [0.4, 0.5) is 0 Å². The number of hydrogen-bond donors (Lipinski definition) is 2. The van der Waals surface area contributed by atoms with E-state index in [0.29, 0.717) is 17.9 Å². The first-order valence-electron chi connectivity index (χ1n) is 11.1. The van der Waals surface area contributed by atoms with E-state index < -0.39 is 0 Å². The van der Waals surface area contributed by atoms with Gasteiger partial charge in [-0.2, -0.15) is 0 Å². The topological polar surface area (TPSA) is 74.9 Å². The van der Waals surface area contributed by atoms with Gasteiger partial charge in [0.1, 0.15) is 5.76 Å². The highest BCUT2D eigenvalue weighted by Crippen LogP contribution is 2.36. The summed E-state index contributed by atoms with van der Waals surface area (Å²) in [7, 11) is 1.82. The number of aromatic nitrogens is 1. The highest BCUT2D eigenvalue weighted by Gasteiger charge is 2.34. The molecule has 0 aromatic carbocycles. The lowest BCUT2D eigenvalue weighted by molar-refractivity contribution is 0.00820. The lowest BCUT2D eigenvalue weighted by Gasteiger charge is -2.42. The average Bonchev–Trinajstić information content (AvgIpc) is 3.19. The van der Waals surface area contributed by atoms with Gasteiger partial charge in [0.15, 0.2) is 5.96 Å². The van der Waals surface area contributed by atoms with Gasteiger partial charge in [-0.15, -0.1) is 24.0 Å². The number of guanidine groups is 1. The van der Waals surface area contributed by atoms with Gasteiger partial charge < -0.3 is 19.8 Å². The van der Waals surface area contributed by atoms with Crippen LogP contribution in [0.25, 0.3) is 0 Å². The molecule has 1 saturated carbocycles. The Kier molecular flexibility index (Phi) is 9.87. The molecule has 0 bridgehead atoms. The molecule has 1 aliphatic heterocycles. The van der Waals surface area contributed by atoms with Gasteiger partial charge in [0.05, 0.1) is 26.0 Å². The zero-order chi connectivity index (χ0) is 20.7. The van der Waals surface area contributed by atoms with E-state index >= 15 is 0 Å². The van der Waals surface area contributed by atoms with Crippen LogP contribution >= 0.6 is 24.0 Å². The van der Waals surface area contributed by atoms with Crippen molar-refractivity contribution >= 4 is 29.9 Å². The normalized spacial score (nSPS) is 20.5. The van der Waals surface area contributed by atoms with Crippen LogP contribution in [0.15, 0.2) is 15.6 Å². The smallest absolute Gasteiger partial charge is 0.213 e. The van der Waals surface area contributed by atoms with Gasteiger partial charge in [-0.25, -0.2) is 4.98 Å². The minimum atomic E-state index is -0.0297. The lowest BCUT2D eigenvalue weighted by Crippen LogP contribution is -2.51. The zero-order valence-corrected chi connectivity index (χ0v) is 21.5. The van der Waals surface area contributed by atoms with Crippen molar-refractivity contribution in [2.45, 2.75) is 64.8 Å². The Balaban J connectivity index is 0.00000320. The highest BCUT2D eigenvalue weighted by atomic mass is 127. The molecule has 0 unspecified atom stereocenters. The van der Waals surface area contributed by atoms with Gasteiger partial charge in [0.25, 0.3) is 0 Å². The van der Waals surface area contributed by atoms with Crippen LogP contribution in [0.3, 0.4) is 0 Å². The van der Waals surface area contributed by atoms with E-state index in [1.165, 1.54) is 32.1 Å². The molecule has 1 aliphatic carbocycles. The fourth-order valence-corrected chi connectivity index (χ4v) is 4.32. The van der Waals surface area contributed by atoms with Gasteiger partial charge in [-0.05, 0) is 12.8 Å². The summed E-state index contributed by atoms with van der Waals surface area (Å²) < 4.78 is 11.4. The Hall–Kier alpha value is -0.870. The van der Waals surface area contributed by atoms with Gasteiger partial charge in [-0.3, -0.25) is 9.89 Å². The summed E-state index contributed by atoms with van der Waals surface area (Å²) in [6, 6.07) is 0. The maximum Gasteiger partial charge on any atom is 0.213 e. The van der Waals surface area contributed by atoms with Crippen LogP contribution in [-0.2, 0) is 16.7 Å². The first-order valence-corrected chi connectivity index (χ1v) is 11.1. The summed E-state index contributed by atoms with van der Waals surface area (Å²) in [6.45, 7) is 12.8. The monoisotopic (exact) mass is 533 g/mol. The minimum absolute atomic E-state index is 0. The first-order chi connectivity index (χ1) is 13.9. The molecular formula is C22H40IN5O2. The molecule has 1 saturated heterocycles. The van der Waals surface area contributed by atoms with Crippen molar-refractivity contribution in [1.82, 2.24) is 20.5 Å². The number of nitrogens with one attached hydrogen (secondary N) is 2. The minimum Gasteiger partial charge on any atom is -0.443 e. The number of morpholine rings is 1. The predicted molar refractivity (Wildman–Crippen MR) is 132 cm³/mol. The number of rotatable bonds is 6. The molecule has 1 aromatic rings. The fourth-order valence-electron chi connectivity index (χ4n) is 4.32. The summed E-state index contributed by atoms with van der Waals surface area (Å²) in [4.78, 5) is 11.4. The molecule has 3 rings (SSSR count). The molecule has 0 radical (unpaired) electrons. The SMILES string of the molecule is CN=C(NCc1ncc(C(C)(C)C)o1)NCC1(CN2CCOCC2)CCCCC1.I. The molecule has 30 heavy (non-hydrogen) atoms. The van der Waals surface area contributed by atoms with E-state index in [2.05, 4.69) is 46.3 Å². The maximum atomic E-state index is 5.88. The molecule has 0 amide bonds. The Morgan fingerprint density at radius 2 is 1.87 bits per heavy atom. The maximum absolute atomic E-state index is 5.88. The van der Waals surface area contributed by atoms with Gasteiger partial charge in [0, 0.05) is 44.1 Å². The van der Waals surface area contributed by atoms with Crippen molar-refractivity contribution in [2.75, 3.05) is 46.4 Å². The van der Waals surface area contributed by atoms with Crippen molar-refractivity contribution in [3.05, 3.63) is 17.8 Å². The number of oxazole rings is 1. The van der Waals surface area contributed by atoms with Crippen LogP contribution in [0.5, 0.6) is 0 Å². The summed E-state index contributed by atoms with van der Waals surface area (Å²) in [5.74, 6) is 2.41. The summed E-state index contributed by atoms with van der Waals surface area (Å²) in [5.41, 5.74) is 0.285. The lowest BCUT2D eigenvalue weighted by atomic mass is 9.73. The Bertz CT molecular complexity index is 659. The van der Waals surface area contributed by atoms with Crippen LogP contribution in [-0.4, -0.2) is 62.3 Å². The Morgan fingerprint density at radius 3 is 2.47 bits per heavy atom. The molecule has 8 heteroatoms. The van der Waals surface area contributed by atoms with E-state index in [-0.39, 0.29) is 29.4 Å². The standard InChI is InChI=1S/C22H39N5O2.HI/c1-21(2,3)18-14-24-19(29-18)15-25-20(23-4)26-16-22(8-6-5-7-9-22)17-27-10-12-28-13-11-27;/h14H,5-13,15-17H2,1-4H3,(H2,23,25,26);1H. The molecule has 1 aromatic heterocycles. The molecular weight excluding hydrogens is 493 g/mol. The quantitative estimate of drug-likeness (QED) is 0.331. The number of halogens is 1. The van der Waals surface area contributed by atoms with E-state index in [1.807, 2.05) is 13.2 Å². The summed E-state index contributed by atoms with van der Waals surface area (Å²) in [6.07, 6.45) is 8.39. The molecule has 2 N–H and O–H groups in total. The van der Waals surface area contributed by atoms with Crippen LogP contribution in [0.2, 0.25) is 0 Å². The van der Waals surface area contributed by atoms with Crippen molar-refractivity contribution in [1.29, 1.82) is 0 Å². The Morgan fingerprint density at radius 1 is 1.17 bits per heavy atom. The first kappa shape index (κ1) is 25.4. The average molecular weight is 533 g/mol. The van der Waals surface area contributed by atoms with E-state index in [0.717, 1.165) is 51.1 Å². The Labute approximate surface area is 198 Å². The molecule has 0 spiro atoms. The third-order valence-corrected chi connectivity index (χ3v) is 6.13. The van der Waals surface area contributed by atoms with Gasteiger partial charge in [0.2, 0.25) is 5.89 Å². The number of ether oxygens (including phenoxy) is 1. The van der Waals surface area contributed by atoms with E-state index in [4.69, 9.17) is 9.15 Å². The summed E-state index contributed by atoms with van der Waals surface area (Å²) in [5, 5.41) is 6.95. The second-order valence-electron chi connectivity index (χ2n) is 9.60. The van der Waals surface area contributed by atoms with Gasteiger partial charge >= 0.3 is 0 Å². The molecule has 2 fully saturated rings. The van der Waals surface area contributed by atoms with Gasteiger partial charge in [-0.1, -0.05) is 40.0 Å². The number of nitrogens with zero attached hydrogens (tertiary/aromatic N) is 3. The summed E-state index contributed by atoms with van der Waals surface area (Å²) >= 11 is 0.